The number of nitrogens with zero attached hydrogens (tertiary/aromatic N) is 2. The molecule has 1 aliphatic rings. The molecule has 4 rings (SSSR count). The molecule has 2 aromatic heterocycles. The van der Waals surface area contributed by atoms with Gasteiger partial charge in [-0.25, -0.2) is 0 Å². The van der Waals surface area contributed by atoms with Crippen molar-refractivity contribution in [2.75, 3.05) is 13.6 Å². The Labute approximate surface area is 208 Å². The van der Waals surface area contributed by atoms with E-state index in [0.29, 0.717) is 29.8 Å². The number of halogens is 3. The van der Waals surface area contributed by atoms with Crippen molar-refractivity contribution in [3.8, 4) is 0 Å². The number of amides is 1. The minimum absolute atomic E-state index is 0.0180. The Bertz CT molecular complexity index is 1340. The number of aromatic amines is 1. The van der Waals surface area contributed by atoms with Crippen LogP contribution in [0.4, 0.5) is 13.2 Å². The molecule has 6 nitrogen and oxygen atoms in total. The minimum atomic E-state index is -4.28. The summed E-state index contributed by atoms with van der Waals surface area (Å²) in [6.07, 6.45) is -3.62. The van der Waals surface area contributed by atoms with Crippen molar-refractivity contribution < 1.29 is 18.0 Å². The number of carbonyl (C=O) groups is 1. The fourth-order valence-electron chi connectivity index (χ4n) is 5.70. The third-order valence-electron chi connectivity index (χ3n) is 7.68. The second kappa shape index (κ2) is 9.76. The lowest BCUT2D eigenvalue weighted by molar-refractivity contribution is -0.192. The van der Waals surface area contributed by atoms with Crippen LogP contribution in [0, 0.1) is 26.7 Å². The maximum Gasteiger partial charge on any atom is 0.404 e. The molecule has 1 amide bonds. The van der Waals surface area contributed by atoms with Crippen LogP contribution >= 0.6 is 0 Å². The Morgan fingerprint density at radius 1 is 1.22 bits per heavy atom. The van der Waals surface area contributed by atoms with Crippen molar-refractivity contribution in [2.45, 2.75) is 65.3 Å². The molecular formula is C27H33F3N4O2. The largest absolute Gasteiger partial charge is 0.404 e. The van der Waals surface area contributed by atoms with Crippen LogP contribution in [0.3, 0.4) is 0 Å². The number of hydrogen-bond acceptors (Lipinski definition) is 3. The van der Waals surface area contributed by atoms with E-state index in [-0.39, 0.29) is 36.4 Å². The van der Waals surface area contributed by atoms with Gasteiger partial charge >= 0.3 is 6.18 Å². The van der Waals surface area contributed by atoms with E-state index in [9.17, 15) is 22.8 Å². The molecule has 194 valence electrons. The number of para-hydroxylation sites is 1. The van der Waals surface area contributed by atoms with Crippen LogP contribution in [0.5, 0.6) is 0 Å². The molecule has 3 atom stereocenters. The zero-order valence-corrected chi connectivity index (χ0v) is 21.3. The van der Waals surface area contributed by atoms with E-state index < -0.39 is 12.2 Å². The number of benzene rings is 1. The van der Waals surface area contributed by atoms with Crippen LogP contribution in [-0.2, 0) is 6.54 Å². The minimum Gasteiger partial charge on any atom is -0.348 e. The van der Waals surface area contributed by atoms with Crippen molar-refractivity contribution in [1.29, 1.82) is 0 Å². The summed E-state index contributed by atoms with van der Waals surface area (Å²) in [7, 11) is 1.53. The number of hydrogen-bond donors (Lipinski definition) is 2. The zero-order chi connectivity index (χ0) is 26.4. The van der Waals surface area contributed by atoms with E-state index in [1.165, 1.54) is 11.9 Å². The fraction of sp³-hybridized carbons (Fsp3) is 0.481. The lowest BCUT2D eigenvalue weighted by Gasteiger charge is -2.40. The predicted octanol–water partition coefficient (Wildman–Crippen LogP) is 5.02. The second-order valence-corrected chi connectivity index (χ2v) is 10.0. The number of aryl methyl sites for hydroxylation is 2. The molecule has 2 N–H and O–H groups in total. The van der Waals surface area contributed by atoms with Gasteiger partial charge in [0.25, 0.3) is 11.5 Å². The summed E-state index contributed by atoms with van der Waals surface area (Å²) < 4.78 is 43.0. The number of nitrogens with one attached hydrogen (secondary N) is 2. The maximum atomic E-state index is 13.7. The molecule has 36 heavy (non-hydrogen) atoms. The van der Waals surface area contributed by atoms with Crippen molar-refractivity contribution in [2.24, 2.45) is 5.92 Å². The van der Waals surface area contributed by atoms with Crippen LogP contribution in [0.25, 0.3) is 10.9 Å². The first kappa shape index (κ1) is 26.0. The second-order valence-electron chi connectivity index (χ2n) is 10.0. The molecule has 0 unspecified atom stereocenters. The standard InChI is InChI=1S/C27H33F3N4O2/c1-15-12-16(2)32-25(35)21(15)14-31-26(36)24-18(4)34(22-9-7-6-8-20(22)24)17(3)19-10-11-33(5)23(13-19)27(28,29)30/h6-9,12,17,19,23H,10-11,13-14H2,1-5H3,(H,31,36)(H,32,35)/t17-,19-,23+/m0/s1. The van der Waals surface area contributed by atoms with E-state index in [0.717, 1.165) is 22.2 Å². The number of carbonyl (C=O) groups excluding carboxylic acids is 1. The van der Waals surface area contributed by atoms with Gasteiger partial charge in [0.15, 0.2) is 0 Å². The van der Waals surface area contributed by atoms with Crippen LogP contribution in [0.15, 0.2) is 35.1 Å². The number of H-pyrrole nitrogens is 1. The SMILES string of the molecule is Cc1cc(C)c(CNC(=O)c2c(C)n([C@@H](C)[C@H]3CCN(C)[C@@H](C(F)(F)F)C3)c3ccccc23)c(=O)[nH]1. The molecule has 3 heterocycles. The molecule has 1 aromatic carbocycles. The van der Waals surface area contributed by atoms with E-state index in [2.05, 4.69) is 10.3 Å². The quantitative estimate of drug-likeness (QED) is 0.515. The number of aromatic nitrogens is 2. The van der Waals surface area contributed by atoms with Crippen molar-refractivity contribution in [3.05, 3.63) is 68.8 Å². The molecule has 9 heteroatoms. The highest BCUT2D eigenvalue weighted by Crippen LogP contribution is 2.40. The predicted molar refractivity (Wildman–Crippen MR) is 134 cm³/mol. The summed E-state index contributed by atoms with van der Waals surface area (Å²) in [6.45, 7) is 7.87. The highest BCUT2D eigenvalue weighted by Gasteiger charge is 2.46. The molecule has 0 spiro atoms. The number of pyridine rings is 1. The molecule has 1 fully saturated rings. The van der Waals surface area contributed by atoms with E-state index >= 15 is 0 Å². The Morgan fingerprint density at radius 2 is 1.92 bits per heavy atom. The van der Waals surface area contributed by atoms with Crippen molar-refractivity contribution >= 4 is 16.8 Å². The van der Waals surface area contributed by atoms with Crippen molar-refractivity contribution in [3.63, 3.8) is 0 Å². The lowest BCUT2D eigenvalue weighted by atomic mass is 9.85. The average molecular weight is 503 g/mol. The van der Waals surface area contributed by atoms with Gasteiger partial charge in [-0.1, -0.05) is 18.2 Å². The first-order chi connectivity index (χ1) is 16.9. The molecular weight excluding hydrogens is 469 g/mol. The van der Waals surface area contributed by atoms with E-state index in [4.69, 9.17) is 0 Å². The molecule has 0 radical (unpaired) electrons. The van der Waals surface area contributed by atoms with Gasteiger partial charge in [-0.15, -0.1) is 0 Å². The molecule has 1 aliphatic heterocycles. The monoisotopic (exact) mass is 502 g/mol. The molecule has 0 saturated carbocycles. The third-order valence-corrected chi connectivity index (χ3v) is 7.68. The van der Waals surface area contributed by atoms with Gasteiger partial charge in [0, 0.05) is 40.4 Å². The van der Waals surface area contributed by atoms with Gasteiger partial charge in [-0.3, -0.25) is 14.5 Å². The average Bonchev–Trinajstić information content (AvgIpc) is 3.09. The number of alkyl halides is 3. The summed E-state index contributed by atoms with van der Waals surface area (Å²) in [4.78, 5) is 29.9. The van der Waals surface area contributed by atoms with Gasteiger partial charge < -0.3 is 14.9 Å². The van der Waals surface area contributed by atoms with E-state index in [1.54, 1.807) is 6.92 Å². The molecule has 0 aliphatic carbocycles. The molecule has 3 aromatic rings. The first-order valence-corrected chi connectivity index (χ1v) is 12.2. The topological polar surface area (TPSA) is 70.1 Å². The number of fused-ring (bicyclic) bond motifs is 1. The van der Waals surface area contributed by atoms with Crippen LogP contribution < -0.4 is 10.9 Å². The third kappa shape index (κ3) is 4.81. The molecule has 0 bridgehead atoms. The van der Waals surface area contributed by atoms with Crippen LogP contribution in [0.2, 0.25) is 0 Å². The summed E-state index contributed by atoms with van der Waals surface area (Å²) in [5.74, 6) is -0.502. The van der Waals surface area contributed by atoms with Gasteiger partial charge in [-0.2, -0.15) is 13.2 Å². The zero-order valence-electron chi connectivity index (χ0n) is 21.3. The first-order valence-electron chi connectivity index (χ1n) is 12.2. The van der Waals surface area contributed by atoms with Gasteiger partial charge in [0.05, 0.1) is 5.56 Å². The highest BCUT2D eigenvalue weighted by atomic mass is 19.4. The van der Waals surface area contributed by atoms with Gasteiger partial charge in [0.1, 0.15) is 6.04 Å². The Kier molecular flexibility index (Phi) is 7.05. The maximum absolute atomic E-state index is 13.7. The Hall–Kier alpha value is -3.07. The smallest absolute Gasteiger partial charge is 0.348 e. The van der Waals surface area contributed by atoms with Crippen LogP contribution in [-0.4, -0.2) is 46.2 Å². The van der Waals surface area contributed by atoms with Gasteiger partial charge in [-0.05, 0) is 77.7 Å². The lowest BCUT2D eigenvalue weighted by Crippen LogP contribution is -2.49. The van der Waals surface area contributed by atoms with Crippen LogP contribution in [0.1, 0.15) is 58.7 Å². The fourth-order valence-corrected chi connectivity index (χ4v) is 5.70. The number of likely N-dealkylation sites (tertiary alicyclic amines) is 1. The van der Waals surface area contributed by atoms with Gasteiger partial charge in [0.2, 0.25) is 0 Å². The number of piperidine rings is 1. The number of rotatable bonds is 5. The van der Waals surface area contributed by atoms with Crippen molar-refractivity contribution in [1.82, 2.24) is 19.8 Å². The summed E-state index contributed by atoms with van der Waals surface area (Å²) >= 11 is 0. The Balaban J connectivity index is 1.66. The normalized spacial score (nSPS) is 20.0. The Morgan fingerprint density at radius 3 is 2.58 bits per heavy atom. The van der Waals surface area contributed by atoms with E-state index in [1.807, 2.05) is 55.7 Å². The molecule has 1 saturated heterocycles. The summed E-state index contributed by atoms with van der Waals surface area (Å²) in [5.41, 5.74) is 3.82. The summed E-state index contributed by atoms with van der Waals surface area (Å²) in [5, 5.41) is 3.63. The highest BCUT2D eigenvalue weighted by molar-refractivity contribution is 6.08. The summed E-state index contributed by atoms with van der Waals surface area (Å²) in [6, 6.07) is 7.64.